The molecule has 1 heterocycles. The number of carbonyl (C=O) groups is 1. The quantitative estimate of drug-likeness (QED) is 0.173. The number of esters is 1. The van der Waals surface area contributed by atoms with Gasteiger partial charge < -0.3 is 9.72 Å². The molecule has 1 aromatic heterocycles. The summed E-state index contributed by atoms with van der Waals surface area (Å²) in [6.45, 7) is 0. The molecule has 5 aromatic rings. The maximum absolute atomic E-state index is 13.3. The van der Waals surface area contributed by atoms with Gasteiger partial charge in [0.05, 0.1) is 12.6 Å². The van der Waals surface area contributed by atoms with Gasteiger partial charge in [0.1, 0.15) is 6.04 Å². The minimum atomic E-state index is -0.786. The lowest BCUT2D eigenvalue weighted by atomic mass is 9.76. The molecule has 4 aromatic carbocycles. The Morgan fingerprint density at radius 1 is 0.833 bits per heavy atom. The maximum atomic E-state index is 13.3. The number of benzene rings is 4. The maximum Gasteiger partial charge on any atom is 0.323 e. The summed E-state index contributed by atoms with van der Waals surface area (Å²) in [7, 11) is 1.44. The van der Waals surface area contributed by atoms with Crippen LogP contribution in [0.25, 0.3) is 10.9 Å². The fourth-order valence-corrected chi connectivity index (χ4v) is 5.62. The highest BCUT2D eigenvalue weighted by Gasteiger charge is 2.40. The van der Waals surface area contributed by atoms with E-state index < -0.39 is 11.6 Å². The summed E-state index contributed by atoms with van der Waals surface area (Å²) in [6, 6.07) is 36.2. The van der Waals surface area contributed by atoms with Crippen molar-refractivity contribution in [1.82, 2.24) is 10.3 Å². The molecular formula is C31H27BrN2O2. The summed E-state index contributed by atoms with van der Waals surface area (Å²) in [4.78, 5) is 16.7. The van der Waals surface area contributed by atoms with Gasteiger partial charge in [0.25, 0.3) is 0 Å². The molecule has 0 amide bonds. The number of methoxy groups -OCH3 is 1. The van der Waals surface area contributed by atoms with E-state index in [4.69, 9.17) is 4.74 Å². The number of halogens is 1. The van der Waals surface area contributed by atoms with Crippen LogP contribution in [0.2, 0.25) is 0 Å². The second-order valence-corrected chi connectivity index (χ2v) is 9.60. The van der Waals surface area contributed by atoms with Crippen molar-refractivity contribution in [3.8, 4) is 0 Å². The first-order valence-electron chi connectivity index (χ1n) is 11.9. The molecule has 0 aliphatic heterocycles. The fraction of sp³-hybridized carbons (Fsp3) is 0.129. The predicted octanol–water partition coefficient (Wildman–Crippen LogP) is 6.60. The van der Waals surface area contributed by atoms with Crippen molar-refractivity contribution in [2.24, 2.45) is 0 Å². The Hall–Kier alpha value is -3.67. The van der Waals surface area contributed by atoms with Crippen molar-refractivity contribution < 1.29 is 9.53 Å². The lowest BCUT2D eigenvalue weighted by molar-refractivity contribution is -0.143. The first-order chi connectivity index (χ1) is 17.6. The van der Waals surface area contributed by atoms with Gasteiger partial charge >= 0.3 is 5.97 Å². The van der Waals surface area contributed by atoms with Crippen LogP contribution in [-0.2, 0) is 21.5 Å². The summed E-state index contributed by atoms with van der Waals surface area (Å²) in [6.07, 6.45) is 2.42. The molecule has 180 valence electrons. The number of rotatable bonds is 8. The summed E-state index contributed by atoms with van der Waals surface area (Å²) >= 11 is 3.69. The summed E-state index contributed by atoms with van der Waals surface area (Å²) in [5, 5.41) is 4.85. The first kappa shape index (κ1) is 24.0. The van der Waals surface area contributed by atoms with E-state index in [2.05, 4.69) is 62.6 Å². The average Bonchev–Trinajstić information content (AvgIpc) is 3.36. The number of nitrogens with one attached hydrogen (secondary N) is 2. The van der Waals surface area contributed by atoms with Crippen molar-refractivity contribution in [3.63, 3.8) is 0 Å². The minimum absolute atomic E-state index is 0.316. The van der Waals surface area contributed by atoms with Crippen LogP contribution < -0.4 is 5.32 Å². The van der Waals surface area contributed by atoms with Crippen molar-refractivity contribution in [2.45, 2.75) is 18.0 Å². The lowest BCUT2D eigenvalue weighted by Gasteiger charge is -2.39. The zero-order valence-corrected chi connectivity index (χ0v) is 21.5. The topological polar surface area (TPSA) is 54.1 Å². The van der Waals surface area contributed by atoms with Gasteiger partial charge in [-0.05, 0) is 34.4 Å². The van der Waals surface area contributed by atoms with E-state index in [0.717, 1.165) is 37.6 Å². The van der Waals surface area contributed by atoms with E-state index >= 15 is 0 Å². The van der Waals surface area contributed by atoms with Crippen molar-refractivity contribution in [2.75, 3.05) is 7.11 Å². The predicted molar refractivity (Wildman–Crippen MR) is 148 cm³/mol. The normalized spacial score (nSPS) is 12.4. The zero-order valence-electron chi connectivity index (χ0n) is 19.9. The van der Waals surface area contributed by atoms with E-state index in [-0.39, 0.29) is 5.97 Å². The summed E-state index contributed by atoms with van der Waals surface area (Å²) in [5.74, 6) is -0.316. The van der Waals surface area contributed by atoms with Crippen molar-refractivity contribution in [3.05, 3.63) is 142 Å². The number of fused-ring (bicyclic) bond motifs is 1. The van der Waals surface area contributed by atoms with E-state index in [0.29, 0.717) is 6.42 Å². The summed E-state index contributed by atoms with van der Waals surface area (Å²) < 4.78 is 6.32. The highest BCUT2D eigenvalue weighted by atomic mass is 79.9. The van der Waals surface area contributed by atoms with E-state index in [1.165, 1.54) is 7.11 Å². The van der Waals surface area contributed by atoms with Crippen LogP contribution in [0.1, 0.15) is 22.3 Å². The third-order valence-corrected chi connectivity index (χ3v) is 7.32. The third kappa shape index (κ3) is 4.48. The molecule has 4 nitrogen and oxygen atoms in total. The van der Waals surface area contributed by atoms with Gasteiger partial charge in [-0.1, -0.05) is 113 Å². The number of carbonyl (C=O) groups excluding carboxylic acids is 1. The Morgan fingerprint density at radius 2 is 1.36 bits per heavy atom. The van der Waals surface area contributed by atoms with Gasteiger partial charge in [0.2, 0.25) is 0 Å². The molecule has 0 bridgehead atoms. The van der Waals surface area contributed by atoms with Gasteiger partial charge in [-0.2, -0.15) is 0 Å². The first-order valence-corrected chi connectivity index (χ1v) is 12.7. The second-order valence-electron chi connectivity index (χ2n) is 8.75. The fourth-order valence-electron chi connectivity index (χ4n) is 5.00. The second kappa shape index (κ2) is 10.5. The van der Waals surface area contributed by atoms with Crippen LogP contribution in [0.3, 0.4) is 0 Å². The Bertz CT molecular complexity index is 1350. The van der Waals surface area contributed by atoms with Crippen molar-refractivity contribution in [1.29, 1.82) is 0 Å². The lowest BCUT2D eigenvalue weighted by Crippen LogP contribution is -2.53. The van der Waals surface area contributed by atoms with Crippen LogP contribution in [0.5, 0.6) is 0 Å². The number of H-pyrrole nitrogens is 1. The van der Waals surface area contributed by atoms with Crippen LogP contribution in [-0.4, -0.2) is 24.1 Å². The molecule has 0 saturated carbocycles. The Kier molecular flexibility index (Phi) is 7.03. The van der Waals surface area contributed by atoms with Gasteiger partial charge in [-0.3, -0.25) is 10.1 Å². The Morgan fingerprint density at radius 3 is 1.86 bits per heavy atom. The molecule has 0 saturated heterocycles. The molecule has 36 heavy (non-hydrogen) atoms. The van der Waals surface area contributed by atoms with Crippen LogP contribution in [0, 0.1) is 0 Å². The number of aromatic amines is 1. The zero-order chi connectivity index (χ0) is 25.0. The van der Waals surface area contributed by atoms with Crippen molar-refractivity contribution >= 4 is 32.8 Å². The molecule has 0 fully saturated rings. The minimum Gasteiger partial charge on any atom is -0.468 e. The molecule has 0 aliphatic rings. The monoisotopic (exact) mass is 538 g/mol. The van der Waals surface area contributed by atoms with Gasteiger partial charge in [0, 0.05) is 28.0 Å². The molecule has 0 aliphatic carbocycles. The molecule has 0 spiro atoms. The molecule has 0 radical (unpaired) electrons. The largest absolute Gasteiger partial charge is 0.468 e. The molecule has 5 heteroatoms. The number of ether oxygens (including phenoxy) is 1. The molecule has 1 unspecified atom stereocenters. The Balaban J connectivity index is 1.69. The highest BCUT2D eigenvalue weighted by molar-refractivity contribution is 9.10. The van der Waals surface area contributed by atoms with Crippen LogP contribution in [0.4, 0.5) is 0 Å². The number of hydrogen-bond acceptors (Lipinski definition) is 3. The van der Waals surface area contributed by atoms with Crippen LogP contribution in [0.15, 0.2) is 120 Å². The smallest absolute Gasteiger partial charge is 0.323 e. The van der Waals surface area contributed by atoms with Gasteiger partial charge in [-0.25, -0.2) is 0 Å². The molecule has 5 rings (SSSR count). The summed E-state index contributed by atoms with van der Waals surface area (Å²) in [5.41, 5.74) is 4.38. The number of aromatic nitrogens is 1. The van der Waals surface area contributed by atoms with Gasteiger partial charge in [-0.15, -0.1) is 0 Å². The molecule has 1 atom stereocenters. The standard InChI is InChI=1S/C31H27BrN2O2/c1-36-30(35)28(20-22-21-33-27-19-11-18-26(32)29(22)27)34-31(23-12-5-2-6-13-23,24-14-7-3-8-15-24)25-16-9-4-10-17-25/h2-19,21,28,33-34H,20H2,1H3. The SMILES string of the molecule is COC(=O)C(Cc1c[nH]c2cccc(Br)c12)NC(c1ccccc1)(c1ccccc1)c1ccccc1. The van der Waals surface area contributed by atoms with E-state index in [1.54, 1.807) is 0 Å². The van der Waals surface area contributed by atoms with Crippen LogP contribution >= 0.6 is 15.9 Å². The molecule has 2 N–H and O–H groups in total. The number of hydrogen-bond donors (Lipinski definition) is 2. The Labute approximate surface area is 219 Å². The average molecular weight is 539 g/mol. The third-order valence-electron chi connectivity index (χ3n) is 6.66. The van der Waals surface area contributed by atoms with E-state index in [9.17, 15) is 4.79 Å². The highest BCUT2D eigenvalue weighted by Crippen LogP contribution is 2.38. The van der Waals surface area contributed by atoms with E-state index in [1.807, 2.05) is 79.0 Å². The molecular weight excluding hydrogens is 512 g/mol. The van der Waals surface area contributed by atoms with Gasteiger partial charge in [0.15, 0.2) is 0 Å².